The van der Waals surface area contributed by atoms with Crippen LogP contribution in [0.4, 0.5) is 32.6 Å². The number of rotatable bonds is 12. The molecule has 0 saturated heterocycles. The van der Waals surface area contributed by atoms with Crippen molar-refractivity contribution >= 4 is 79.8 Å². The molecule has 9 aromatic rings. The number of carbonyl (C=O) groups is 2. The molecule has 5 heterocycles. The lowest BCUT2D eigenvalue weighted by atomic mass is 10.1. The van der Waals surface area contributed by atoms with Gasteiger partial charge in [0.15, 0.2) is 22.9 Å². The van der Waals surface area contributed by atoms with Gasteiger partial charge in [-0.05, 0) is 123 Å². The summed E-state index contributed by atoms with van der Waals surface area (Å²) in [6.45, 7) is 9.98. The molecule has 7 N–H and O–H groups in total. The molecule has 4 aromatic carbocycles. The molecule has 0 bridgehead atoms. The van der Waals surface area contributed by atoms with Gasteiger partial charge in [-0.25, -0.2) is 29.5 Å². The number of benzene rings is 4. The van der Waals surface area contributed by atoms with Gasteiger partial charge in [0.1, 0.15) is 0 Å². The number of aliphatic hydroxyl groups is 1. The summed E-state index contributed by atoms with van der Waals surface area (Å²) >= 11 is 1.71. The lowest BCUT2D eigenvalue weighted by Gasteiger charge is -2.13. The van der Waals surface area contributed by atoms with Crippen LogP contribution in [0.25, 0.3) is 55.9 Å². The number of aliphatic hydroxyl groups excluding tert-OH is 1. The predicted octanol–water partition coefficient (Wildman–Crippen LogP) is 9.69. The number of imidazole rings is 2. The van der Waals surface area contributed by atoms with Crippen molar-refractivity contribution in [3.63, 3.8) is 0 Å². The number of fused-ring (bicyclic) bond motifs is 6. The predicted molar refractivity (Wildman–Crippen MR) is 263 cm³/mol. The number of hydrogen-bond donors (Lipinski definition) is 7. The molecule has 0 aliphatic rings. The van der Waals surface area contributed by atoms with Crippen molar-refractivity contribution in [3.8, 4) is 22.5 Å². The van der Waals surface area contributed by atoms with Crippen LogP contribution in [-0.4, -0.2) is 73.2 Å². The summed E-state index contributed by atoms with van der Waals surface area (Å²) in [5.74, 6) is 1.48. The molecule has 0 fully saturated rings. The quantitative estimate of drug-likeness (QED) is 0.0587. The summed E-state index contributed by atoms with van der Waals surface area (Å²) in [6.07, 6.45) is 5.32. The van der Waals surface area contributed by atoms with E-state index in [1.54, 1.807) is 25.4 Å². The molecule has 0 atom stereocenters. The van der Waals surface area contributed by atoms with E-state index in [0.29, 0.717) is 18.8 Å². The van der Waals surface area contributed by atoms with Crippen LogP contribution in [0.1, 0.15) is 40.0 Å². The normalized spacial score (nSPS) is 11.1. The van der Waals surface area contributed by atoms with Crippen molar-refractivity contribution in [2.45, 2.75) is 47.1 Å². The van der Waals surface area contributed by atoms with E-state index in [2.05, 4.69) is 109 Å². The lowest BCUT2D eigenvalue weighted by Crippen LogP contribution is -2.24. The van der Waals surface area contributed by atoms with Crippen LogP contribution in [0.15, 0.2) is 103 Å². The Hall–Kier alpha value is -7.56. The maximum absolute atomic E-state index is 11.6. The zero-order valence-corrected chi connectivity index (χ0v) is 38.0. The number of urea groups is 2. The van der Waals surface area contributed by atoms with Gasteiger partial charge in [0.25, 0.3) is 0 Å². The number of amides is 4. The van der Waals surface area contributed by atoms with E-state index in [0.717, 1.165) is 86.0 Å². The van der Waals surface area contributed by atoms with Crippen LogP contribution < -0.4 is 31.9 Å². The standard InChI is InChI=1S/C25H24N6OS.C24H28N6O2/c1-15-11-20-21(12-16(15)2)31-22(17-6-8-18(9-7-17)29-25(32)26-3)14-28-24(31)23(30-20)27-13-19-5-4-10-33-19;1-15-12-19-20(13-16(15)2)30-21(17-6-8-18(9-7-17)28-24(32)25-3)14-27-23(30)22(29-19)26-10-4-5-11-31/h4-12,14H,13H2,1-3H3,(H,27,30)(H2,26,29,32);6-9,12-14,31H,4-5,10-11H2,1-3H3,(H,26,29)(H2,25,28,32). The summed E-state index contributed by atoms with van der Waals surface area (Å²) in [6, 6.07) is 27.6. The SMILES string of the molecule is CNC(=O)Nc1ccc(-c2cnc3c(NCCCCO)nc4cc(C)c(C)cc4n23)cc1.CNC(=O)Nc1ccc(-c2cnc3c(NCc4cccs4)nc4cc(C)c(C)cc4n23)cc1. The van der Waals surface area contributed by atoms with Gasteiger partial charge < -0.3 is 37.0 Å². The third-order valence-corrected chi connectivity index (χ3v) is 12.2. The Balaban J connectivity index is 0.000000177. The molecule has 9 rings (SSSR count). The first-order valence-electron chi connectivity index (χ1n) is 21.4. The second kappa shape index (κ2) is 19.5. The summed E-state index contributed by atoms with van der Waals surface area (Å²) in [7, 11) is 3.18. The molecule has 65 heavy (non-hydrogen) atoms. The average Bonchev–Trinajstić information content (AvgIpc) is 4.11. The lowest BCUT2D eigenvalue weighted by molar-refractivity contribution is 0.253. The molecule has 5 aromatic heterocycles. The first kappa shape index (κ1) is 44.1. The fourth-order valence-electron chi connectivity index (χ4n) is 7.48. The van der Waals surface area contributed by atoms with E-state index < -0.39 is 0 Å². The number of thiophene rings is 1. The van der Waals surface area contributed by atoms with Crippen molar-refractivity contribution in [1.82, 2.24) is 39.4 Å². The third kappa shape index (κ3) is 9.54. The van der Waals surface area contributed by atoms with E-state index in [1.165, 1.54) is 27.1 Å². The number of hydrogen-bond acceptors (Lipinski definition) is 10. The molecule has 0 aliphatic heterocycles. The Labute approximate surface area is 380 Å². The highest BCUT2D eigenvalue weighted by molar-refractivity contribution is 7.09. The fraction of sp³-hybridized carbons (Fsp3) is 0.224. The van der Waals surface area contributed by atoms with Crippen LogP contribution >= 0.6 is 11.3 Å². The van der Waals surface area contributed by atoms with Gasteiger partial charge in [-0.15, -0.1) is 11.3 Å². The van der Waals surface area contributed by atoms with Crippen molar-refractivity contribution < 1.29 is 14.7 Å². The summed E-state index contributed by atoms with van der Waals surface area (Å²) in [4.78, 5) is 43.6. The highest BCUT2D eigenvalue weighted by atomic mass is 32.1. The molecule has 0 spiro atoms. The fourth-order valence-corrected chi connectivity index (χ4v) is 8.13. The van der Waals surface area contributed by atoms with Crippen molar-refractivity contribution in [2.24, 2.45) is 0 Å². The molecular formula is C49H52N12O3S. The summed E-state index contributed by atoms with van der Waals surface area (Å²) < 4.78 is 4.29. The second-order valence-electron chi connectivity index (χ2n) is 15.7. The molecule has 0 aliphatic carbocycles. The van der Waals surface area contributed by atoms with Crippen molar-refractivity contribution in [1.29, 1.82) is 0 Å². The first-order valence-corrected chi connectivity index (χ1v) is 22.3. The Morgan fingerprint density at radius 2 is 1.11 bits per heavy atom. The van der Waals surface area contributed by atoms with Gasteiger partial charge in [0, 0.05) is 54.6 Å². The van der Waals surface area contributed by atoms with E-state index in [-0.39, 0.29) is 18.7 Å². The minimum absolute atomic E-state index is 0.180. The van der Waals surface area contributed by atoms with Crippen LogP contribution in [-0.2, 0) is 6.54 Å². The highest BCUT2D eigenvalue weighted by Crippen LogP contribution is 2.33. The Bertz CT molecular complexity index is 3140. The molecule has 0 unspecified atom stereocenters. The molecule has 15 nitrogen and oxygen atoms in total. The van der Waals surface area contributed by atoms with Crippen molar-refractivity contribution in [3.05, 3.63) is 130 Å². The van der Waals surface area contributed by atoms with Crippen molar-refractivity contribution in [2.75, 3.05) is 48.5 Å². The number of carbonyl (C=O) groups excluding carboxylic acids is 2. The third-order valence-electron chi connectivity index (χ3n) is 11.3. The first-order chi connectivity index (χ1) is 31.5. The topological polar surface area (TPSA) is 187 Å². The maximum atomic E-state index is 11.6. The van der Waals surface area contributed by atoms with Gasteiger partial charge in [-0.3, -0.25) is 8.80 Å². The van der Waals surface area contributed by atoms with E-state index in [1.807, 2.05) is 67.0 Å². The van der Waals surface area contributed by atoms with Gasteiger partial charge in [-0.1, -0.05) is 30.3 Å². The van der Waals surface area contributed by atoms with Gasteiger partial charge in [-0.2, -0.15) is 0 Å². The molecule has 0 saturated carbocycles. The van der Waals surface area contributed by atoms with Crippen LogP contribution in [0.2, 0.25) is 0 Å². The summed E-state index contributed by atoms with van der Waals surface area (Å²) in [5.41, 5.74) is 15.4. The number of anilines is 4. The Morgan fingerprint density at radius 1 is 0.631 bits per heavy atom. The average molecular weight is 889 g/mol. The van der Waals surface area contributed by atoms with Gasteiger partial charge in [0.2, 0.25) is 0 Å². The zero-order chi connectivity index (χ0) is 45.6. The highest BCUT2D eigenvalue weighted by Gasteiger charge is 2.18. The smallest absolute Gasteiger partial charge is 0.318 e. The van der Waals surface area contributed by atoms with Crippen LogP contribution in [0, 0.1) is 27.7 Å². The number of nitrogens with zero attached hydrogens (tertiary/aromatic N) is 6. The Morgan fingerprint density at radius 3 is 1.55 bits per heavy atom. The molecular weight excluding hydrogens is 837 g/mol. The molecule has 16 heteroatoms. The van der Waals surface area contributed by atoms with Crippen LogP contribution in [0.5, 0.6) is 0 Å². The molecule has 332 valence electrons. The number of aromatic nitrogens is 6. The van der Waals surface area contributed by atoms with E-state index in [9.17, 15) is 9.59 Å². The van der Waals surface area contributed by atoms with E-state index >= 15 is 0 Å². The van der Waals surface area contributed by atoms with E-state index in [4.69, 9.17) is 20.1 Å². The number of aryl methyl sites for hydroxylation is 4. The second-order valence-corrected chi connectivity index (χ2v) is 16.8. The van der Waals surface area contributed by atoms with Gasteiger partial charge >= 0.3 is 12.1 Å². The van der Waals surface area contributed by atoms with Gasteiger partial charge in [0.05, 0.1) is 52.4 Å². The minimum atomic E-state index is -0.257. The summed E-state index contributed by atoms with van der Waals surface area (Å²) in [5, 5.41) is 28.7. The maximum Gasteiger partial charge on any atom is 0.318 e. The monoisotopic (exact) mass is 888 g/mol. The minimum Gasteiger partial charge on any atom is -0.396 e. The molecule has 0 radical (unpaired) electrons. The zero-order valence-electron chi connectivity index (χ0n) is 37.2. The van der Waals surface area contributed by atoms with Crippen LogP contribution in [0.3, 0.4) is 0 Å². The number of nitrogens with one attached hydrogen (secondary N) is 6. The Kier molecular flexibility index (Phi) is 13.2. The largest absolute Gasteiger partial charge is 0.396 e. The molecule has 4 amide bonds. The number of unbranched alkanes of at least 4 members (excludes halogenated alkanes) is 1.